The molecule has 1 aromatic carbocycles. The Morgan fingerprint density at radius 1 is 1.23 bits per heavy atom. The van der Waals surface area contributed by atoms with Crippen LogP contribution < -0.4 is 10.2 Å². The van der Waals surface area contributed by atoms with Crippen molar-refractivity contribution in [3.63, 3.8) is 0 Å². The van der Waals surface area contributed by atoms with Crippen molar-refractivity contribution in [2.75, 3.05) is 30.4 Å². The lowest BCUT2D eigenvalue weighted by atomic mass is 10.0. The van der Waals surface area contributed by atoms with Crippen LogP contribution in [0, 0.1) is 5.92 Å². The summed E-state index contributed by atoms with van der Waals surface area (Å²) in [7, 11) is 4.06. The third-order valence-electron chi connectivity index (χ3n) is 6.55. The Balaban J connectivity index is 1.31. The number of anilines is 2. The molecule has 3 atom stereocenters. The molecule has 1 saturated carbocycles. The first-order chi connectivity index (χ1) is 14.9. The van der Waals surface area contributed by atoms with Crippen LogP contribution >= 0.6 is 23.2 Å². The molecular weight excluding hydrogens is 435 g/mol. The Kier molecular flexibility index (Phi) is 5.18. The van der Waals surface area contributed by atoms with Crippen LogP contribution in [0.15, 0.2) is 36.8 Å². The van der Waals surface area contributed by atoms with Gasteiger partial charge in [0.25, 0.3) is 0 Å². The number of halogens is 2. The average molecular weight is 459 g/mol. The molecule has 2 bridgehead atoms. The first-order valence-electron chi connectivity index (χ1n) is 10.4. The number of aryl methyl sites for hydroxylation is 1. The number of likely N-dealkylation sites (tertiary alicyclic amines) is 1. The van der Waals surface area contributed by atoms with Gasteiger partial charge in [-0.05, 0) is 43.0 Å². The molecule has 2 aliphatic rings. The second kappa shape index (κ2) is 7.88. The molecule has 1 N–H and O–H groups in total. The van der Waals surface area contributed by atoms with Gasteiger partial charge in [-0.25, -0.2) is 9.97 Å². The van der Waals surface area contributed by atoms with E-state index in [2.05, 4.69) is 33.3 Å². The molecule has 7 nitrogen and oxygen atoms in total. The zero-order valence-electron chi connectivity index (χ0n) is 17.4. The van der Waals surface area contributed by atoms with Gasteiger partial charge in [-0.1, -0.05) is 23.2 Å². The number of nitrogens with one attached hydrogen (secondary N) is 1. The third kappa shape index (κ3) is 3.70. The minimum absolute atomic E-state index is 0.0919. The van der Waals surface area contributed by atoms with Crippen molar-refractivity contribution in [1.29, 1.82) is 0 Å². The lowest BCUT2D eigenvalue weighted by molar-refractivity contribution is -0.131. The first kappa shape index (κ1) is 20.4. The van der Waals surface area contributed by atoms with E-state index in [1.165, 1.54) is 0 Å². The number of fused-ring (bicyclic) bond motifs is 3. The Bertz CT molecular complexity index is 1130. The van der Waals surface area contributed by atoms with E-state index in [0.717, 1.165) is 41.9 Å². The lowest BCUT2D eigenvalue weighted by Gasteiger charge is -2.39. The van der Waals surface area contributed by atoms with Gasteiger partial charge >= 0.3 is 0 Å². The molecule has 2 aromatic heterocycles. The molecule has 1 aliphatic heterocycles. The number of nitrogens with zero attached hydrogens (tertiary/aromatic N) is 5. The van der Waals surface area contributed by atoms with Crippen LogP contribution in [0.3, 0.4) is 0 Å². The van der Waals surface area contributed by atoms with E-state index in [4.69, 9.17) is 23.2 Å². The van der Waals surface area contributed by atoms with Gasteiger partial charge in [-0.3, -0.25) is 4.79 Å². The predicted octanol–water partition coefficient (Wildman–Crippen LogP) is 3.81. The molecule has 1 aliphatic carbocycles. The minimum Gasteiger partial charge on any atom is -0.376 e. The van der Waals surface area contributed by atoms with E-state index in [1.54, 1.807) is 24.5 Å². The van der Waals surface area contributed by atoms with E-state index in [1.807, 2.05) is 22.7 Å². The second-order valence-corrected chi connectivity index (χ2v) is 9.37. The fraction of sp³-hybridized carbons (Fsp3) is 0.409. The largest absolute Gasteiger partial charge is 0.376 e. The smallest absolute Gasteiger partial charge is 0.242 e. The molecule has 1 saturated heterocycles. The van der Waals surface area contributed by atoms with Crippen LogP contribution in [-0.4, -0.2) is 57.6 Å². The van der Waals surface area contributed by atoms with Crippen LogP contribution in [-0.2, 0) is 11.8 Å². The number of carbonyl (C=O) groups excluding carboxylic acids is 1. The zero-order valence-corrected chi connectivity index (χ0v) is 18.9. The van der Waals surface area contributed by atoms with Gasteiger partial charge in [0.15, 0.2) is 0 Å². The van der Waals surface area contributed by atoms with Gasteiger partial charge in [-0.2, -0.15) is 0 Å². The van der Waals surface area contributed by atoms with Crippen molar-refractivity contribution in [3.05, 3.63) is 46.8 Å². The Labute approximate surface area is 191 Å². The van der Waals surface area contributed by atoms with Crippen molar-refractivity contribution in [2.24, 2.45) is 13.0 Å². The maximum absolute atomic E-state index is 13.0. The number of benzene rings is 1. The summed E-state index contributed by atoms with van der Waals surface area (Å²) >= 11 is 12.1. The highest BCUT2D eigenvalue weighted by atomic mass is 35.5. The molecule has 162 valence electrons. The van der Waals surface area contributed by atoms with E-state index in [9.17, 15) is 4.79 Å². The number of carbonyl (C=O) groups is 1. The summed E-state index contributed by atoms with van der Waals surface area (Å²) < 4.78 is 2.00. The highest BCUT2D eigenvalue weighted by Crippen LogP contribution is 2.41. The van der Waals surface area contributed by atoms with E-state index in [-0.39, 0.29) is 24.5 Å². The molecule has 3 unspecified atom stereocenters. The number of hydrogen-bond acceptors (Lipinski definition) is 5. The summed E-state index contributed by atoms with van der Waals surface area (Å²) in [6.07, 6.45) is 5.72. The number of amides is 1. The molecule has 5 rings (SSSR count). The normalized spacial score (nSPS) is 22.3. The van der Waals surface area contributed by atoms with E-state index >= 15 is 0 Å². The molecule has 1 amide bonds. The fourth-order valence-corrected chi connectivity index (χ4v) is 5.66. The highest BCUT2D eigenvalue weighted by Gasteiger charge is 2.48. The maximum Gasteiger partial charge on any atom is 0.242 e. The van der Waals surface area contributed by atoms with Gasteiger partial charge in [0.05, 0.1) is 24.0 Å². The quantitative estimate of drug-likeness (QED) is 0.629. The zero-order chi connectivity index (χ0) is 21.7. The number of aromatic nitrogens is 3. The SMILES string of the molecule is CN(c1ncnc2c1ccn2C)C1CC2CC1N(C(=O)CNc1cc(Cl)cc(Cl)c1)C2. The third-order valence-corrected chi connectivity index (χ3v) is 6.98. The first-order valence-corrected chi connectivity index (χ1v) is 11.1. The van der Waals surface area contributed by atoms with Gasteiger partial charge < -0.3 is 19.7 Å². The molecule has 0 spiro atoms. The second-order valence-electron chi connectivity index (χ2n) is 8.50. The van der Waals surface area contributed by atoms with Gasteiger partial charge in [0.1, 0.15) is 17.8 Å². The molecule has 0 radical (unpaired) electrons. The van der Waals surface area contributed by atoms with Crippen molar-refractivity contribution in [2.45, 2.75) is 24.9 Å². The molecule has 9 heteroatoms. The van der Waals surface area contributed by atoms with Crippen molar-refractivity contribution < 1.29 is 4.79 Å². The number of piperidine rings is 1. The van der Waals surface area contributed by atoms with E-state index < -0.39 is 0 Å². The van der Waals surface area contributed by atoms with Gasteiger partial charge in [0.2, 0.25) is 5.91 Å². The minimum atomic E-state index is 0.0919. The summed E-state index contributed by atoms with van der Waals surface area (Å²) in [6, 6.07) is 7.69. The Morgan fingerprint density at radius 3 is 2.74 bits per heavy atom. The molecule has 3 heterocycles. The van der Waals surface area contributed by atoms with Gasteiger partial charge in [0, 0.05) is 42.6 Å². The molecule has 31 heavy (non-hydrogen) atoms. The highest BCUT2D eigenvalue weighted by molar-refractivity contribution is 6.35. The summed E-state index contributed by atoms with van der Waals surface area (Å²) in [5.41, 5.74) is 1.66. The number of rotatable bonds is 5. The average Bonchev–Trinajstić information content (AvgIpc) is 3.45. The van der Waals surface area contributed by atoms with Crippen LogP contribution in [0.25, 0.3) is 11.0 Å². The van der Waals surface area contributed by atoms with Crippen molar-refractivity contribution in [3.8, 4) is 0 Å². The van der Waals surface area contributed by atoms with E-state index in [0.29, 0.717) is 16.0 Å². The number of likely N-dealkylation sites (N-methyl/N-ethyl adjacent to an activating group) is 1. The lowest BCUT2D eigenvalue weighted by Crippen LogP contribution is -2.52. The Morgan fingerprint density at radius 2 is 2.00 bits per heavy atom. The summed E-state index contributed by atoms with van der Waals surface area (Å²) in [6.45, 7) is 1.03. The fourth-order valence-electron chi connectivity index (χ4n) is 5.13. The number of hydrogen-bond donors (Lipinski definition) is 1. The van der Waals surface area contributed by atoms with Crippen molar-refractivity contribution >= 4 is 51.6 Å². The standard InChI is InChI=1S/C22H24Cl2N6O/c1-28-4-3-17-21(28)26-12-27-22(17)29(2)18-5-13-6-19(18)30(11-13)20(31)10-25-16-8-14(23)7-15(24)9-16/h3-4,7-9,12-13,18-19,25H,5-6,10-11H2,1-2H3. The van der Waals surface area contributed by atoms with Crippen LogP contribution in [0.2, 0.25) is 10.0 Å². The van der Waals surface area contributed by atoms with Crippen LogP contribution in [0.5, 0.6) is 0 Å². The summed E-state index contributed by atoms with van der Waals surface area (Å²) in [5.74, 6) is 1.53. The van der Waals surface area contributed by atoms with Crippen LogP contribution in [0.1, 0.15) is 12.8 Å². The van der Waals surface area contributed by atoms with Crippen LogP contribution in [0.4, 0.5) is 11.5 Å². The maximum atomic E-state index is 13.0. The van der Waals surface area contributed by atoms with Gasteiger partial charge in [-0.15, -0.1) is 0 Å². The molecular formula is C22H24Cl2N6O. The molecule has 3 aromatic rings. The summed E-state index contributed by atoms with van der Waals surface area (Å²) in [5, 5.41) is 5.29. The summed E-state index contributed by atoms with van der Waals surface area (Å²) in [4.78, 5) is 26.3. The molecule has 2 fully saturated rings. The predicted molar refractivity (Wildman–Crippen MR) is 124 cm³/mol. The van der Waals surface area contributed by atoms with Crippen molar-refractivity contribution in [1.82, 2.24) is 19.4 Å². The topological polar surface area (TPSA) is 66.3 Å². The Hall–Kier alpha value is -2.51. The monoisotopic (exact) mass is 458 g/mol.